The van der Waals surface area contributed by atoms with E-state index >= 15 is 0 Å². The molecule has 2 aromatic rings. The molecule has 1 atom stereocenters. The Morgan fingerprint density at radius 1 is 1.32 bits per heavy atom. The summed E-state index contributed by atoms with van der Waals surface area (Å²) in [5.74, 6) is -0.0239. The Morgan fingerprint density at radius 2 is 2.06 bits per heavy atom. The fourth-order valence-electron chi connectivity index (χ4n) is 4.15. The molecule has 2 aliphatic heterocycles. The van der Waals surface area contributed by atoms with Crippen LogP contribution in [-0.2, 0) is 16.1 Å². The molecule has 0 spiro atoms. The summed E-state index contributed by atoms with van der Waals surface area (Å²) in [5.41, 5.74) is 2.06. The van der Waals surface area contributed by atoms with Crippen LogP contribution in [0.25, 0.3) is 11.3 Å². The van der Waals surface area contributed by atoms with Crippen LogP contribution in [-0.4, -0.2) is 62.8 Å². The van der Waals surface area contributed by atoms with Crippen molar-refractivity contribution in [2.75, 3.05) is 25.1 Å². The molecule has 4 rings (SSSR count). The number of ether oxygens (including phenoxy) is 1. The van der Waals surface area contributed by atoms with Gasteiger partial charge in [-0.15, -0.1) is 0 Å². The molecule has 182 valence electrons. The third kappa shape index (κ3) is 5.16. The number of hydrogen-bond donors (Lipinski definition) is 3. The molecule has 0 bridgehead atoms. The van der Waals surface area contributed by atoms with Crippen molar-refractivity contribution in [3.05, 3.63) is 41.6 Å². The van der Waals surface area contributed by atoms with Crippen molar-refractivity contribution in [1.29, 1.82) is 0 Å². The molecule has 1 saturated heterocycles. The molecule has 0 aliphatic carbocycles. The van der Waals surface area contributed by atoms with Gasteiger partial charge in [0.1, 0.15) is 11.2 Å². The van der Waals surface area contributed by atoms with Crippen molar-refractivity contribution in [2.24, 2.45) is 5.41 Å². The number of aliphatic hydroxyl groups is 1. The lowest BCUT2D eigenvalue weighted by Crippen LogP contribution is -2.50. The largest absolute Gasteiger partial charge is 0.381 e. The van der Waals surface area contributed by atoms with Gasteiger partial charge >= 0.3 is 0 Å². The number of halogens is 1. The van der Waals surface area contributed by atoms with Crippen LogP contribution in [0.3, 0.4) is 0 Å². The minimum absolute atomic E-state index is 0.184. The highest BCUT2D eigenvalue weighted by atomic mass is 35.5. The number of benzene rings is 1. The number of anilines is 1. The first-order valence-electron chi connectivity index (χ1n) is 11.3. The van der Waals surface area contributed by atoms with Gasteiger partial charge in [-0.1, -0.05) is 37.6 Å². The Kier molecular flexibility index (Phi) is 6.80. The molecule has 0 saturated carbocycles. The average Bonchev–Trinajstić information content (AvgIpc) is 3.13. The number of carbonyl (C=O) groups is 2. The van der Waals surface area contributed by atoms with Gasteiger partial charge in [0.15, 0.2) is 0 Å². The molecule has 1 unspecified atom stereocenters. The van der Waals surface area contributed by atoms with Crippen LogP contribution in [0.4, 0.5) is 5.95 Å². The third-order valence-corrected chi connectivity index (χ3v) is 6.77. The van der Waals surface area contributed by atoms with Gasteiger partial charge in [0, 0.05) is 55.6 Å². The first kappa shape index (κ1) is 24.4. The number of nitrogens with zero attached hydrogens (tertiary/aromatic N) is 3. The van der Waals surface area contributed by atoms with E-state index in [1.54, 1.807) is 18.3 Å². The molecular weight excluding hydrogens is 458 g/mol. The van der Waals surface area contributed by atoms with Gasteiger partial charge in [0.25, 0.3) is 5.91 Å². The highest BCUT2D eigenvalue weighted by Gasteiger charge is 2.40. The van der Waals surface area contributed by atoms with Gasteiger partial charge in [-0.2, -0.15) is 0 Å². The summed E-state index contributed by atoms with van der Waals surface area (Å²) in [6.07, 6.45) is 1.88. The van der Waals surface area contributed by atoms with Gasteiger partial charge in [0.2, 0.25) is 11.9 Å². The van der Waals surface area contributed by atoms with Crippen LogP contribution in [0.5, 0.6) is 0 Å². The zero-order chi connectivity index (χ0) is 24.5. The number of carbonyl (C=O) groups excluding carboxylic acids is 2. The summed E-state index contributed by atoms with van der Waals surface area (Å²) < 4.78 is 5.38. The predicted octanol–water partition coefficient (Wildman–Crippen LogP) is 2.74. The highest BCUT2D eigenvalue weighted by molar-refractivity contribution is 6.25. The van der Waals surface area contributed by atoms with E-state index in [0.717, 1.165) is 11.1 Å². The molecule has 10 heteroatoms. The van der Waals surface area contributed by atoms with Crippen LogP contribution in [0.15, 0.2) is 30.5 Å². The highest BCUT2D eigenvalue weighted by Crippen LogP contribution is 2.34. The fourth-order valence-corrected chi connectivity index (χ4v) is 4.38. The van der Waals surface area contributed by atoms with Gasteiger partial charge in [-0.25, -0.2) is 9.97 Å². The van der Waals surface area contributed by atoms with Crippen molar-refractivity contribution < 1.29 is 19.4 Å². The fraction of sp³-hybridized carbons (Fsp3) is 0.500. The number of hydrogen-bond acceptors (Lipinski definition) is 7. The molecule has 9 nitrogen and oxygen atoms in total. The Hall–Kier alpha value is -2.75. The van der Waals surface area contributed by atoms with E-state index in [2.05, 4.69) is 20.6 Å². The lowest BCUT2D eigenvalue weighted by atomic mass is 9.90. The SMILES string of the molecule is CC(=O)NCC(C)(C)C(O)N1Cc2ccc(-c3ccnc(NC4(Cl)CCOCC4)n3)cc2C1=O. The number of amides is 2. The summed E-state index contributed by atoms with van der Waals surface area (Å²) in [5, 5.41) is 16.9. The van der Waals surface area contributed by atoms with Gasteiger partial charge in [0.05, 0.1) is 18.9 Å². The average molecular weight is 488 g/mol. The van der Waals surface area contributed by atoms with E-state index in [0.29, 0.717) is 49.8 Å². The second kappa shape index (κ2) is 9.48. The summed E-state index contributed by atoms with van der Waals surface area (Å²) in [7, 11) is 0. The van der Waals surface area contributed by atoms with E-state index in [1.165, 1.54) is 11.8 Å². The minimum atomic E-state index is -1.06. The van der Waals surface area contributed by atoms with Crippen LogP contribution in [0, 0.1) is 5.41 Å². The van der Waals surface area contributed by atoms with Crippen molar-refractivity contribution in [3.63, 3.8) is 0 Å². The van der Waals surface area contributed by atoms with Crippen molar-refractivity contribution in [2.45, 2.75) is 51.4 Å². The van der Waals surface area contributed by atoms with Crippen LogP contribution in [0.1, 0.15) is 49.5 Å². The van der Waals surface area contributed by atoms with Gasteiger partial charge in [-0.3, -0.25) is 9.59 Å². The Balaban J connectivity index is 1.52. The van der Waals surface area contributed by atoms with Crippen molar-refractivity contribution in [1.82, 2.24) is 20.2 Å². The molecule has 1 aromatic carbocycles. The Labute approximate surface area is 203 Å². The number of nitrogens with one attached hydrogen (secondary N) is 2. The number of aliphatic hydroxyl groups excluding tert-OH is 1. The second-order valence-electron chi connectivity index (χ2n) is 9.55. The number of aromatic nitrogens is 2. The lowest BCUT2D eigenvalue weighted by molar-refractivity contribution is -0.120. The molecule has 1 fully saturated rings. The maximum absolute atomic E-state index is 13.2. The minimum Gasteiger partial charge on any atom is -0.381 e. The smallest absolute Gasteiger partial charge is 0.256 e. The molecule has 1 aromatic heterocycles. The van der Waals surface area contributed by atoms with E-state index in [9.17, 15) is 14.7 Å². The molecule has 3 N–H and O–H groups in total. The predicted molar refractivity (Wildman–Crippen MR) is 128 cm³/mol. The molecule has 2 aliphatic rings. The first-order chi connectivity index (χ1) is 16.1. The quantitative estimate of drug-likeness (QED) is 0.406. The number of alkyl halides is 1. The topological polar surface area (TPSA) is 117 Å². The molecule has 3 heterocycles. The molecule has 0 radical (unpaired) electrons. The Morgan fingerprint density at radius 3 is 2.76 bits per heavy atom. The summed E-state index contributed by atoms with van der Waals surface area (Å²) in [4.78, 5) is 34.2. The van der Waals surface area contributed by atoms with E-state index in [-0.39, 0.29) is 18.4 Å². The Bertz CT molecular complexity index is 1090. The van der Waals surface area contributed by atoms with Crippen LogP contribution in [0.2, 0.25) is 0 Å². The zero-order valence-corrected chi connectivity index (χ0v) is 20.4. The van der Waals surface area contributed by atoms with Gasteiger partial charge in [-0.05, 0) is 17.7 Å². The van der Waals surface area contributed by atoms with Crippen molar-refractivity contribution in [3.8, 4) is 11.3 Å². The van der Waals surface area contributed by atoms with E-state index in [4.69, 9.17) is 16.3 Å². The standard InChI is InChI=1S/C24H30ClN5O4/c1-15(31)27-14-23(2,3)21(33)30-13-17-5-4-16(12-18(17)20(30)32)19-6-9-26-22(28-19)29-24(25)7-10-34-11-8-24/h4-6,9,12,21,33H,7-8,10-11,13-14H2,1-3H3,(H,27,31)(H,26,28,29). The normalized spacial score (nSPS) is 18.4. The third-order valence-electron chi connectivity index (χ3n) is 6.30. The molecule has 2 amide bonds. The summed E-state index contributed by atoms with van der Waals surface area (Å²) >= 11 is 6.66. The summed E-state index contributed by atoms with van der Waals surface area (Å²) in [6.45, 7) is 6.75. The maximum Gasteiger partial charge on any atom is 0.256 e. The van der Waals surface area contributed by atoms with Crippen molar-refractivity contribution >= 4 is 29.4 Å². The first-order valence-corrected chi connectivity index (χ1v) is 11.7. The lowest BCUT2D eigenvalue weighted by Gasteiger charge is -2.36. The van der Waals surface area contributed by atoms with E-state index < -0.39 is 16.6 Å². The second-order valence-corrected chi connectivity index (χ2v) is 10.3. The number of fused-ring (bicyclic) bond motifs is 1. The molecule has 34 heavy (non-hydrogen) atoms. The number of rotatable bonds is 7. The van der Waals surface area contributed by atoms with Crippen LogP contribution >= 0.6 is 11.6 Å². The monoisotopic (exact) mass is 487 g/mol. The van der Waals surface area contributed by atoms with E-state index in [1.807, 2.05) is 26.0 Å². The zero-order valence-electron chi connectivity index (χ0n) is 19.6. The van der Waals surface area contributed by atoms with Gasteiger partial charge < -0.3 is 25.4 Å². The van der Waals surface area contributed by atoms with Crippen LogP contribution < -0.4 is 10.6 Å². The maximum atomic E-state index is 13.2. The summed E-state index contributed by atoms with van der Waals surface area (Å²) in [6, 6.07) is 7.36. The molecular formula is C24H30ClN5O4.